The van der Waals surface area contributed by atoms with Gasteiger partial charge in [0.1, 0.15) is 12.8 Å². The third-order valence-corrected chi connectivity index (χ3v) is 9.18. The first-order valence-electron chi connectivity index (χ1n) is 11.3. The predicted molar refractivity (Wildman–Crippen MR) is 109 cm³/mol. The van der Waals surface area contributed by atoms with Gasteiger partial charge in [-0.15, -0.1) is 0 Å². The molecule has 4 aliphatic carbocycles. The predicted octanol–water partition coefficient (Wildman–Crippen LogP) is 2.37. The Morgan fingerprint density at radius 1 is 1.22 bits per heavy atom. The molecule has 1 heterocycles. The van der Waals surface area contributed by atoms with E-state index in [1.165, 1.54) is 19.1 Å². The number of ether oxygens (including phenoxy) is 2. The summed E-state index contributed by atoms with van der Waals surface area (Å²) < 4.78 is 44.8. The number of halogens is 2. The molecule has 0 unspecified atom stereocenters. The van der Waals surface area contributed by atoms with E-state index in [-0.39, 0.29) is 24.8 Å². The van der Waals surface area contributed by atoms with E-state index < -0.39 is 76.3 Å². The minimum absolute atomic E-state index is 0.0550. The molecule has 3 saturated carbocycles. The molecule has 0 radical (unpaired) electrons. The molecule has 2 N–H and O–H groups in total. The number of allylic oxidation sites excluding steroid dienone is 4. The Balaban J connectivity index is 1.66. The lowest BCUT2D eigenvalue weighted by atomic mass is 9.44. The number of ketones is 2. The minimum Gasteiger partial charge on any atom is -0.390 e. The number of aliphatic hydroxyl groups is 2. The molecule has 0 amide bonds. The largest absolute Gasteiger partial charge is 0.390 e. The van der Waals surface area contributed by atoms with Gasteiger partial charge >= 0.3 is 0 Å². The molecular formula is C24H30F2O6. The SMILES string of the molecule is CC1(C)O[C@@H]2C[C@H]3[C@@H]4C[C@@H](F)C5=CC(=O)C=C[C@]5(C)[C@@]4(F)[C@@H](O)C[C@]3(C)[C@]2(C(=O)CO)O1. The van der Waals surface area contributed by atoms with Crippen LogP contribution in [0.3, 0.4) is 0 Å². The number of hydrogen-bond donors (Lipinski definition) is 2. The molecule has 4 fully saturated rings. The normalized spacial score (nSPS) is 53.2. The van der Waals surface area contributed by atoms with Gasteiger partial charge in [-0.2, -0.15) is 0 Å². The van der Waals surface area contributed by atoms with Crippen LogP contribution in [0.25, 0.3) is 0 Å². The van der Waals surface area contributed by atoms with Crippen molar-refractivity contribution >= 4 is 11.6 Å². The van der Waals surface area contributed by atoms with Crippen LogP contribution in [-0.2, 0) is 19.1 Å². The summed E-state index contributed by atoms with van der Waals surface area (Å²) in [6.45, 7) is 5.87. The van der Waals surface area contributed by atoms with E-state index in [1.54, 1.807) is 20.8 Å². The fraction of sp³-hybridized carbons (Fsp3) is 0.750. The van der Waals surface area contributed by atoms with Crippen LogP contribution in [0.4, 0.5) is 8.78 Å². The standard InChI is InChI=1S/C24H30F2O6/c1-20(2)31-19-9-13-14-8-16(25)15-7-12(28)5-6-21(15,3)23(14,26)17(29)10-22(13,4)24(19,32-20)18(30)11-27/h5-7,13-14,16-17,19,27,29H,8-11H2,1-4H3/t13-,14-,16+,17-,19+,21-,22-,23-,24+/m0/s1. The summed E-state index contributed by atoms with van der Waals surface area (Å²) in [6, 6.07) is 0. The van der Waals surface area contributed by atoms with Crippen LogP contribution < -0.4 is 0 Å². The molecule has 0 aromatic rings. The van der Waals surface area contributed by atoms with Crippen LogP contribution in [0.5, 0.6) is 0 Å². The number of aliphatic hydroxyl groups excluding tert-OH is 2. The quantitative estimate of drug-likeness (QED) is 0.668. The number of carbonyl (C=O) groups is 2. The smallest absolute Gasteiger partial charge is 0.193 e. The molecule has 0 aromatic carbocycles. The van der Waals surface area contributed by atoms with E-state index in [1.807, 2.05) is 0 Å². The highest BCUT2D eigenvalue weighted by Crippen LogP contribution is 2.72. The van der Waals surface area contributed by atoms with Gasteiger partial charge < -0.3 is 19.7 Å². The van der Waals surface area contributed by atoms with Gasteiger partial charge in [0.05, 0.1) is 12.2 Å². The zero-order valence-corrected chi connectivity index (χ0v) is 18.7. The number of hydrogen-bond acceptors (Lipinski definition) is 6. The van der Waals surface area contributed by atoms with Gasteiger partial charge in [-0.1, -0.05) is 13.0 Å². The van der Waals surface area contributed by atoms with Gasteiger partial charge in [-0.05, 0) is 63.7 Å². The summed E-state index contributed by atoms with van der Waals surface area (Å²) in [5, 5.41) is 21.1. The van der Waals surface area contributed by atoms with E-state index in [9.17, 15) is 19.8 Å². The second-order valence-electron chi connectivity index (χ2n) is 11.0. The number of Topliss-reactive ketones (excluding diaryl/α,β-unsaturated/α-hetero) is 1. The average molecular weight is 452 g/mol. The Morgan fingerprint density at radius 2 is 1.91 bits per heavy atom. The molecule has 9 atom stereocenters. The Labute approximate surface area is 185 Å². The van der Waals surface area contributed by atoms with Crippen molar-refractivity contribution in [2.45, 2.75) is 82.4 Å². The summed E-state index contributed by atoms with van der Waals surface area (Å²) in [7, 11) is 0. The van der Waals surface area contributed by atoms with Gasteiger partial charge in [0.2, 0.25) is 0 Å². The monoisotopic (exact) mass is 452 g/mol. The van der Waals surface area contributed by atoms with Crippen molar-refractivity contribution in [3.8, 4) is 0 Å². The Morgan fingerprint density at radius 3 is 2.56 bits per heavy atom. The van der Waals surface area contributed by atoms with E-state index >= 15 is 8.78 Å². The van der Waals surface area contributed by atoms with Crippen LogP contribution >= 0.6 is 0 Å². The highest BCUT2D eigenvalue weighted by atomic mass is 19.1. The highest BCUT2D eigenvalue weighted by molar-refractivity contribution is 6.01. The summed E-state index contributed by atoms with van der Waals surface area (Å²) in [5.74, 6) is -3.53. The molecule has 0 spiro atoms. The van der Waals surface area contributed by atoms with Gasteiger partial charge in [-0.3, -0.25) is 9.59 Å². The highest BCUT2D eigenvalue weighted by Gasteiger charge is 2.80. The van der Waals surface area contributed by atoms with E-state index in [0.29, 0.717) is 0 Å². The molecule has 0 aromatic heterocycles. The van der Waals surface area contributed by atoms with Gasteiger partial charge in [0, 0.05) is 16.7 Å². The van der Waals surface area contributed by atoms with Crippen molar-refractivity contribution in [2.24, 2.45) is 22.7 Å². The van der Waals surface area contributed by atoms with Crippen LogP contribution in [0, 0.1) is 22.7 Å². The van der Waals surface area contributed by atoms with Gasteiger partial charge in [0.25, 0.3) is 0 Å². The lowest BCUT2D eigenvalue weighted by molar-refractivity contribution is -0.248. The molecule has 1 saturated heterocycles. The summed E-state index contributed by atoms with van der Waals surface area (Å²) >= 11 is 0. The number of alkyl halides is 2. The molecule has 6 nitrogen and oxygen atoms in total. The van der Waals surface area contributed by atoms with Crippen molar-refractivity contribution in [1.82, 2.24) is 0 Å². The Kier molecular flexibility index (Phi) is 4.42. The van der Waals surface area contributed by atoms with Crippen LogP contribution in [0.1, 0.15) is 47.0 Å². The fourth-order valence-corrected chi connectivity index (χ4v) is 7.92. The number of rotatable bonds is 2. The minimum atomic E-state index is -2.24. The van der Waals surface area contributed by atoms with E-state index in [4.69, 9.17) is 9.47 Å². The van der Waals surface area contributed by atoms with E-state index in [2.05, 4.69) is 0 Å². The maximum absolute atomic E-state index is 17.1. The van der Waals surface area contributed by atoms with Crippen LogP contribution in [-0.4, -0.2) is 63.8 Å². The lowest BCUT2D eigenvalue weighted by Crippen LogP contribution is -2.71. The fourth-order valence-electron chi connectivity index (χ4n) is 7.92. The van der Waals surface area contributed by atoms with E-state index in [0.717, 1.165) is 6.08 Å². The molecule has 8 heteroatoms. The lowest BCUT2D eigenvalue weighted by Gasteiger charge is -2.63. The first kappa shape index (κ1) is 22.3. The summed E-state index contributed by atoms with van der Waals surface area (Å²) in [5.41, 5.74) is -6.30. The Hall–Kier alpha value is -1.48. The van der Waals surface area contributed by atoms with Gasteiger partial charge in [0.15, 0.2) is 28.6 Å². The molecule has 5 rings (SSSR count). The molecule has 32 heavy (non-hydrogen) atoms. The third-order valence-electron chi connectivity index (χ3n) is 9.18. The maximum atomic E-state index is 17.1. The summed E-state index contributed by atoms with van der Waals surface area (Å²) in [6.07, 6.45) is -0.151. The molecular weight excluding hydrogens is 422 g/mol. The van der Waals surface area contributed by atoms with Crippen LogP contribution in [0.2, 0.25) is 0 Å². The van der Waals surface area contributed by atoms with Gasteiger partial charge in [-0.25, -0.2) is 8.78 Å². The molecule has 176 valence electrons. The Bertz CT molecular complexity index is 960. The van der Waals surface area contributed by atoms with Crippen molar-refractivity contribution < 1.29 is 38.1 Å². The first-order valence-corrected chi connectivity index (χ1v) is 11.3. The molecule has 5 aliphatic rings. The second-order valence-corrected chi connectivity index (χ2v) is 11.0. The first-order chi connectivity index (χ1) is 14.8. The number of carbonyl (C=O) groups excluding carboxylic acids is 2. The molecule has 1 aliphatic heterocycles. The maximum Gasteiger partial charge on any atom is 0.193 e. The van der Waals surface area contributed by atoms with Crippen molar-refractivity contribution in [2.75, 3.05) is 6.61 Å². The zero-order valence-electron chi connectivity index (χ0n) is 18.7. The zero-order chi connectivity index (χ0) is 23.5. The average Bonchev–Trinajstić information content (AvgIpc) is 3.11. The van der Waals surface area contributed by atoms with Crippen molar-refractivity contribution in [3.05, 3.63) is 23.8 Å². The topological polar surface area (TPSA) is 93.1 Å². The number of fused-ring (bicyclic) bond motifs is 7. The van der Waals surface area contributed by atoms with Crippen molar-refractivity contribution in [1.29, 1.82) is 0 Å². The second kappa shape index (κ2) is 6.34. The third kappa shape index (κ3) is 2.32. The summed E-state index contributed by atoms with van der Waals surface area (Å²) in [4.78, 5) is 25.1. The van der Waals surface area contributed by atoms with Crippen LogP contribution in [0.15, 0.2) is 23.8 Å². The molecule has 0 bridgehead atoms. The van der Waals surface area contributed by atoms with Crippen molar-refractivity contribution in [3.63, 3.8) is 0 Å².